The molecule has 0 aliphatic heterocycles. The van der Waals surface area contributed by atoms with E-state index >= 15 is 0 Å². The second kappa shape index (κ2) is 10.9. The number of hydrogen-bond donors (Lipinski definition) is 2. The maximum atomic E-state index is 13.2. The minimum atomic E-state index is -0.212. The Kier molecular flexibility index (Phi) is 8.56. The first-order valence-electron chi connectivity index (χ1n) is 9.22. The average molecular weight is 508 g/mol. The van der Waals surface area contributed by atoms with Crippen LogP contribution < -0.4 is 10.6 Å². The van der Waals surface area contributed by atoms with Gasteiger partial charge in [-0.15, -0.1) is 24.0 Å². The summed E-state index contributed by atoms with van der Waals surface area (Å²) in [6.07, 6.45) is 2.55. The molecule has 2 aromatic heterocycles. The lowest BCUT2D eigenvalue weighted by Gasteiger charge is -2.12. The molecule has 6 nitrogen and oxygen atoms in total. The van der Waals surface area contributed by atoms with Crippen LogP contribution >= 0.6 is 24.0 Å². The van der Waals surface area contributed by atoms with E-state index < -0.39 is 0 Å². The molecule has 0 saturated heterocycles. The highest BCUT2D eigenvalue weighted by Gasteiger charge is 2.05. The van der Waals surface area contributed by atoms with Gasteiger partial charge in [0.05, 0.1) is 5.69 Å². The number of aliphatic imine (C=N–C) groups is 1. The smallest absolute Gasteiger partial charge is 0.191 e. The van der Waals surface area contributed by atoms with Crippen LogP contribution in [0.2, 0.25) is 0 Å². The summed E-state index contributed by atoms with van der Waals surface area (Å²) < 4.78 is 15.1. The molecule has 0 bridgehead atoms. The van der Waals surface area contributed by atoms with Crippen molar-refractivity contribution in [3.8, 4) is 5.82 Å². The first-order valence-corrected chi connectivity index (χ1v) is 9.22. The van der Waals surface area contributed by atoms with Crippen LogP contribution in [0.4, 0.5) is 4.39 Å². The van der Waals surface area contributed by atoms with Crippen LogP contribution in [0.15, 0.2) is 53.7 Å². The predicted octanol–water partition coefficient (Wildman–Crippen LogP) is 3.55. The number of benzene rings is 1. The van der Waals surface area contributed by atoms with Crippen molar-refractivity contribution in [2.24, 2.45) is 4.99 Å². The molecule has 8 heteroatoms. The third kappa shape index (κ3) is 6.52. The molecule has 154 valence electrons. The summed E-state index contributed by atoms with van der Waals surface area (Å²) >= 11 is 0. The molecule has 0 aliphatic carbocycles. The van der Waals surface area contributed by atoms with Gasteiger partial charge in [0.2, 0.25) is 0 Å². The second-order valence-corrected chi connectivity index (χ2v) is 6.60. The van der Waals surface area contributed by atoms with Gasteiger partial charge >= 0.3 is 0 Å². The van der Waals surface area contributed by atoms with Gasteiger partial charge in [0.15, 0.2) is 11.8 Å². The zero-order valence-electron chi connectivity index (χ0n) is 16.8. The van der Waals surface area contributed by atoms with Gasteiger partial charge < -0.3 is 10.6 Å². The van der Waals surface area contributed by atoms with E-state index in [4.69, 9.17) is 0 Å². The van der Waals surface area contributed by atoms with Crippen molar-refractivity contribution in [1.29, 1.82) is 0 Å². The normalized spacial score (nSPS) is 11.1. The maximum Gasteiger partial charge on any atom is 0.191 e. The number of hydrogen-bond acceptors (Lipinski definition) is 3. The molecule has 3 rings (SSSR count). The van der Waals surface area contributed by atoms with Crippen LogP contribution in [0.25, 0.3) is 5.82 Å². The fourth-order valence-corrected chi connectivity index (χ4v) is 2.93. The fraction of sp³-hybridized carbons (Fsp3) is 0.286. The molecular formula is C21H26FIN6. The SMILES string of the molecule is CN=C(NCCc1cccc(F)c1)NCc1ccc(-n2nc(C)cc2C)nc1.I. The molecular weight excluding hydrogens is 482 g/mol. The molecule has 2 N–H and O–H groups in total. The summed E-state index contributed by atoms with van der Waals surface area (Å²) in [4.78, 5) is 8.72. The lowest BCUT2D eigenvalue weighted by atomic mass is 10.1. The van der Waals surface area contributed by atoms with Crippen molar-refractivity contribution in [2.75, 3.05) is 13.6 Å². The maximum absolute atomic E-state index is 13.2. The predicted molar refractivity (Wildman–Crippen MR) is 125 cm³/mol. The Balaban J connectivity index is 0.00000300. The highest BCUT2D eigenvalue weighted by atomic mass is 127. The lowest BCUT2D eigenvalue weighted by Crippen LogP contribution is -2.37. The van der Waals surface area contributed by atoms with E-state index in [0.717, 1.165) is 34.8 Å². The molecule has 3 aromatic rings. The quantitative estimate of drug-likeness (QED) is 0.304. The van der Waals surface area contributed by atoms with Crippen molar-refractivity contribution in [3.05, 3.63) is 77.0 Å². The van der Waals surface area contributed by atoms with Gasteiger partial charge in [-0.3, -0.25) is 4.99 Å². The van der Waals surface area contributed by atoms with E-state index in [0.29, 0.717) is 19.0 Å². The molecule has 0 aliphatic rings. The number of pyridine rings is 1. The van der Waals surface area contributed by atoms with Crippen LogP contribution in [-0.2, 0) is 13.0 Å². The number of nitrogens with zero attached hydrogens (tertiary/aromatic N) is 4. The molecule has 0 saturated carbocycles. The van der Waals surface area contributed by atoms with Gasteiger partial charge in [0.1, 0.15) is 5.82 Å². The van der Waals surface area contributed by atoms with Gasteiger partial charge in [0.25, 0.3) is 0 Å². The van der Waals surface area contributed by atoms with Crippen LogP contribution in [0.3, 0.4) is 0 Å². The summed E-state index contributed by atoms with van der Waals surface area (Å²) in [6.45, 7) is 5.24. The van der Waals surface area contributed by atoms with E-state index in [1.807, 2.05) is 49.0 Å². The van der Waals surface area contributed by atoms with Gasteiger partial charge in [-0.1, -0.05) is 18.2 Å². The van der Waals surface area contributed by atoms with Crippen molar-refractivity contribution in [1.82, 2.24) is 25.4 Å². The largest absolute Gasteiger partial charge is 0.356 e. The third-order valence-corrected chi connectivity index (χ3v) is 4.31. The van der Waals surface area contributed by atoms with Gasteiger partial charge in [-0.2, -0.15) is 5.10 Å². The number of halogens is 2. The topological polar surface area (TPSA) is 67.1 Å². The molecule has 0 radical (unpaired) electrons. The Hall–Kier alpha value is -2.49. The molecule has 29 heavy (non-hydrogen) atoms. The van der Waals surface area contributed by atoms with Gasteiger partial charge in [-0.25, -0.2) is 14.1 Å². The summed E-state index contributed by atoms with van der Waals surface area (Å²) in [5, 5.41) is 10.9. The van der Waals surface area contributed by atoms with Crippen LogP contribution in [0, 0.1) is 19.7 Å². The molecule has 0 fully saturated rings. The van der Waals surface area contributed by atoms with Crippen LogP contribution in [-0.4, -0.2) is 34.3 Å². The first kappa shape index (κ1) is 22.8. The zero-order valence-corrected chi connectivity index (χ0v) is 19.1. The van der Waals surface area contributed by atoms with Crippen molar-refractivity contribution in [3.63, 3.8) is 0 Å². The number of rotatable bonds is 6. The molecule has 0 spiro atoms. The standard InChI is InChI=1S/C21H25FN6.HI/c1-15-11-16(2)28(27-15)20-8-7-18(13-25-20)14-26-21(23-3)24-10-9-17-5-4-6-19(22)12-17;/h4-8,11-13H,9-10,14H2,1-3H3,(H2,23,24,26);1H. The first-order chi connectivity index (χ1) is 13.5. The van der Waals surface area contributed by atoms with Gasteiger partial charge in [-0.05, 0) is 55.7 Å². The third-order valence-electron chi connectivity index (χ3n) is 4.31. The Morgan fingerprint density at radius 3 is 2.55 bits per heavy atom. The Morgan fingerprint density at radius 1 is 1.10 bits per heavy atom. The molecule has 2 heterocycles. The van der Waals surface area contributed by atoms with E-state index in [1.54, 1.807) is 19.2 Å². The highest BCUT2D eigenvalue weighted by Crippen LogP contribution is 2.10. The fourth-order valence-electron chi connectivity index (χ4n) is 2.93. The summed E-state index contributed by atoms with van der Waals surface area (Å²) in [5.41, 5.74) is 4.02. The lowest BCUT2D eigenvalue weighted by molar-refractivity contribution is 0.625. The highest BCUT2D eigenvalue weighted by molar-refractivity contribution is 14.0. The number of aryl methyl sites for hydroxylation is 2. The summed E-state index contributed by atoms with van der Waals surface area (Å²) in [5.74, 6) is 1.28. The minimum absolute atomic E-state index is 0. The molecule has 0 atom stereocenters. The van der Waals surface area contributed by atoms with Crippen molar-refractivity contribution < 1.29 is 4.39 Å². The van der Waals surface area contributed by atoms with Crippen molar-refractivity contribution in [2.45, 2.75) is 26.8 Å². The summed E-state index contributed by atoms with van der Waals surface area (Å²) in [7, 11) is 1.72. The van der Waals surface area contributed by atoms with Crippen molar-refractivity contribution >= 4 is 29.9 Å². The molecule has 1 aromatic carbocycles. The average Bonchev–Trinajstić information content (AvgIpc) is 3.03. The van der Waals surface area contributed by atoms with Crippen LogP contribution in [0.1, 0.15) is 22.5 Å². The Morgan fingerprint density at radius 2 is 1.93 bits per heavy atom. The molecule has 0 amide bonds. The van der Waals surface area contributed by atoms with E-state index in [9.17, 15) is 4.39 Å². The van der Waals surface area contributed by atoms with E-state index in [2.05, 4.69) is 25.7 Å². The monoisotopic (exact) mass is 508 g/mol. The Labute approximate surface area is 187 Å². The number of aromatic nitrogens is 3. The number of guanidine groups is 1. The second-order valence-electron chi connectivity index (χ2n) is 6.60. The molecule has 0 unspecified atom stereocenters. The van der Waals surface area contributed by atoms with E-state index in [-0.39, 0.29) is 29.8 Å². The summed E-state index contributed by atoms with van der Waals surface area (Å²) in [6, 6.07) is 12.6. The van der Waals surface area contributed by atoms with Crippen LogP contribution in [0.5, 0.6) is 0 Å². The number of nitrogens with one attached hydrogen (secondary N) is 2. The van der Waals surface area contributed by atoms with Gasteiger partial charge in [0, 0.05) is 32.0 Å². The Bertz CT molecular complexity index is 952. The zero-order chi connectivity index (χ0) is 19.9. The minimum Gasteiger partial charge on any atom is -0.356 e. The van der Waals surface area contributed by atoms with E-state index in [1.165, 1.54) is 6.07 Å².